The zero-order valence-corrected chi connectivity index (χ0v) is 16.4. The van der Waals surface area contributed by atoms with Gasteiger partial charge in [-0.1, -0.05) is 24.3 Å². The minimum atomic E-state index is -0.350. The van der Waals surface area contributed by atoms with E-state index in [-0.39, 0.29) is 24.5 Å². The van der Waals surface area contributed by atoms with Crippen molar-refractivity contribution in [2.45, 2.75) is 52.0 Å². The molecule has 0 saturated carbocycles. The lowest BCUT2D eigenvalue weighted by atomic mass is 9.78. The van der Waals surface area contributed by atoms with E-state index < -0.39 is 0 Å². The van der Waals surface area contributed by atoms with Gasteiger partial charge < -0.3 is 18.6 Å². The molecule has 2 aromatic carbocycles. The molecule has 5 heteroatoms. The quantitative estimate of drug-likeness (QED) is 0.598. The van der Waals surface area contributed by atoms with Crippen molar-refractivity contribution in [3.63, 3.8) is 0 Å². The van der Waals surface area contributed by atoms with Crippen molar-refractivity contribution in [3.8, 4) is 17.0 Å². The number of fused-ring (bicyclic) bond motifs is 5. The van der Waals surface area contributed by atoms with Crippen LogP contribution < -0.4 is 10.2 Å². The Balaban J connectivity index is 1.62. The molecule has 0 radical (unpaired) electrons. The van der Waals surface area contributed by atoms with E-state index >= 15 is 0 Å². The molecule has 138 valence electrons. The average Bonchev–Trinajstić information content (AvgIpc) is 3.09. The van der Waals surface area contributed by atoms with Gasteiger partial charge in [0.15, 0.2) is 6.23 Å². The standard InChI is InChI=1S/C22H24BNO3/c1-14-24-18-11-10-16(23-26-21(2,3)22(4,5)27-23)12-15(18)13-19(24)17-8-6-7-9-20(17)25-14/h6-14H,1-5H3. The topological polar surface area (TPSA) is 32.6 Å². The van der Waals surface area contributed by atoms with Crippen LogP contribution in [0, 0.1) is 0 Å². The van der Waals surface area contributed by atoms with Crippen LogP contribution in [-0.2, 0) is 9.31 Å². The zero-order valence-electron chi connectivity index (χ0n) is 16.4. The van der Waals surface area contributed by atoms with Crippen LogP contribution in [0.2, 0.25) is 0 Å². The molecule has 0 amide bonds. The first-order chi connectivity index (χ1) is 12.8. The molecule has 5 rings (SSSR count). The van der Waals surface area contributed by atoms with Crippen LogP contribution >= 0.6 is 0 Å². The largest absolute Gasteiger partial charge is 0.494 e. The Morgan fingerprint density at radius 3 is 2.37 bits per heavy atom. The second-order valence-electron chi connectivity index (χ2n) is 8.52. The van der Waals surface area contributed by atoms with Gasteiger partial charge in [0.25, 0.3) is 0 Å². The summed E-state index contributed by atoms with van der Waals surface area (Å²) in [5, 5.41) is 1.17. The van der Waals surface area contributed by atoms with Crippen LogP contribution in [0.25, 0.3) is 22.2 Å². The molecule has 1 saturated heterocycles. The van der Waals surface area contributed by atoms with E-state index in [4.69, 9.17) is 14.0 Å². The molecular formula is C22H24BNO3. The number of hydrogen-bond donors (Lipinski definition) is 0. The molecule has 0 N–H and O–H groups in total. The second kappa shape index (κ2) is 5.40. The maximum absolute atomic E-state index is 6.22. The third-order valence-electron chi connectivity index (χ3n) is 6.21. The SMILES string of the molecule is CC1Oc2ccccc2-c2cc3cc(B4OC(C)(C)C(C)(C)O4)ccc3n21. The zero-order chi connectivity index (χ0) is 19.0. The lowest BCUT2D eigenvalue weighted by molar-refractivity contribution is 0.00578. The number of aromatic nitrogens is 1. The summed E-state index contributed by atoms with van der Waals surface area (Å²) in [6, 6.07) is 16.9. The summed E-state index contributed by atoms with van der Waals surface area (Å²) >= 11 is 0. The molecule has 3 aromatic rings. The number of nitrogens with zero attached hydrogens (tertiary/aromatic N) is 1. The molecule has 1 fully saturated rings. The lowest BCUT2D eigenvalue weighted by Crippen LogP contribution is -2.41. The molecular weight excluding hydrogens is 337 g/mol. The van der Waals surface area contributed by atoms with E-state index in [0.29, 0.717) is 0 Å². The highest BCUT2D eigenvalue weighted by atomic mass is 16.7. The number of benzene rings is 2. The van der Waals surface area contributed by atoms with Crippen LogP contribution in [0.3, 0.4) is 0 Å². The van der Waals surface area contributed by atoms with Crippen LogP contribution in [-0.4, -0.2) is 22.9 Å². The van der Waals surface area contributed by atoms with Crippen molar-refractivity contribution < 1.29 is 14.0 Å². The van der Waals surface area contributed by atoms with Crippen molar-refractivity contribution in [1.29, 1.82) is 0 Å². The van der Waals surface area contributed by atoms with Gasteiger partial charge in [0.05, 0.1) is 22.4 Å². The maximum Gasteiger partial charge on any atom is 0.494 e. The van der Waals surface area contributed by atoms with Gasteiger partial charge >= 0.3 is 7.12 Å². The molecule has 0 spiro atoms. The Kier molecular flexibility index (Phi) is 3.38. The fraction of sp³-hybridized carbons (Fsp3) is 0.364. The van der Waals surface area contributed by atoms with Gasteiger partial charge in [-0.3, -0.25) is 0 Å². The normalized spacial score (nSPS) is 22.4. The Morgan fingerprint density at radius 2 is 1.63 bits per heavy atom. The Morgan fingerprint density at radius 1 is 0.926 bits per heavy atom. The third-order valence-corrected chi connectivity index (χ3v) is 6.21. The molecule has 0 bridgehead atoms. The van der Waals surface area contributed by atoms with Crippen molar-refractivity contribution in [1.82, 2.24) is 4.57 Å². The summed E-state index contributed by atoms with van der Waals surface area (Å²) in [5.74, 6) is 0.937. The molecule has 2 aliphatic rings. The van der Waals surface area contributed by atoms with Gasteiger partial charge in [-0.15, -0.1) is 0 Å². The van der Waals surface area contributed by atoms with Crippen molar-refractivity contribution in [3.05, 3.63) is 48.5 Å². The predicted molar refractivity (Wildman–Crippen MR) is 108 cm³/mol. The summed E-state index contributed by atoms with van der Waals surface area (Å²) in [7, 11) is -0.350. The molecule has 1 atom stereocenters. The van der Waals surface area contributed by atoms with E-state index in [0.717, 1.165) is 22.3 Å². The number of ether oxygens (including phenoxy) is 1. The number of para-hydroxylation sites is 1. The maximum atomic E-state index is 6.22. The highest BCUT2D eigenvalue weighted by Gasteiger charge is 2.51. The van der Waals surface area contributed by atoms with Gasteiger partial charge in [0.2, 0.25) is 0 Å². The van der Waals surface area contributed by atoms with Crippen LogP contribution in [0.4, 0.5) is 0 Å². The first-order valence-corrected chi connectivity index (χ1v) is 9.53. The average molecular weight is 361 g/mol. The first-order valence-electron chi connectivity index (χ1n) is 9.53. The van der Waals surface area contributed by atoms with Crippen LogP contribution in [0.5, 0.6) is 5.75 Å². The highest BCUT2D eigenvalue weighted by Crippen LogP contribution is 2.42. The van der Waals surface area contributed by atoms with E-state index in [2.05, 4.69) is 75.6 Å². The van der Waals surface area contributed by atoms with E-state index in [1.165, 1.54) is 11.1 Å². The van der Waals surface area contributed by atoms with Gasteiger partial charge in [-0.2, -0.15) is 0 Å². The fourth-order valence-corrected chi connectivity index (χ4v) is 4.00. The molecule has 4 nitrogen and oxygen atoms in total. The second-order valence-corrected chi connectivity index (χ2v) is 8.52. The van der Waals surface area contributed by atoms with Gasteiger partial charge in [0.1, 0.15) is 5.75 Å². The summed E-state index contributed by atoms with van der Waals surface area (Å²) in [4.78, 5) is 0. The molecule has 1 unspecified atom stereocenters. The van der Waals surface area contributed by atoms with Gasteiger partial charge in [-0.05, 0) is 64.3 Å². The summed E-state index contributed by atoms with van der Waals surface area (Å²) in [6.45, 7) is 10.4. The minimum Gasteiger partial charge on any atom is -0.470 e. The van der Waals surface area contributed by atoms with Gasteiger partial charge in [-0.25, -0.2) is 0 Å². The Hall–Kier alpha value is -2.24. The monoisotopic (exact) mass is 361 g/mol. The minimum absolute atomic E-state index is 0.0462. The van der Waals surface area contributed by atoms with E-state index in [1.54, 1.807) is 0 Å². The van der Waals surface area contributed by atoms with Gasteiger partial charge in [0, 0.05) is 10.9 Å². The Labute approximate surface area is 160 Å². The summed E-state index contributed by atoms with van der Waals surface area (Å²) in [5.41, 5.74) is 3.84. The fourth-order valence-electron chi connectivity index (χ4n) is 4.00. The molecule has 3 heterocycles. The number of hydrogen-bond acceptors (Lipinski definition) is 3. The first kappa shape index (κ1) is 16.9. The molecule has 0 aliphatic carbocycles. The predicted octanol–water partition coefficient (Wildman–Crippen LogP) is 4.52. The van der Waals surface area contributed by atoms with Crippen LogP contribution in [0.15, 0.2) is 48.5 Å². The lowest BCUT2D eigenvalue weighted by Gasteiger charge is -2.32. The number of rotatable bonds is 1. The smallest absolute Gasteiger partial charge is 0.470 e. The Bertz CT molecular complexity index is 1040. The molecule has 1 aromatic heterocycles. The molecule has 27 heavy (non-hydrogen) atoms. The third kappa shape index (κ3) is 2.38. The van der Waals surface area contributed by atoms with Crippen molar-refractivity contribution in [2.75, 3.05) is 0 Å². The molecule has 2 aliphatic heterocycles. The van der Waals surface area contributed by atoms with Crippen LogP contribution in [0.1, 0.15) is 40.8 Å². The summed E-state index contributed by atoms with van der Waals surface area (Å²) in [6.07, 6.45) is -0.0462. The van der Waals surface area contributed by atoms with Crippen molar-refractivity contribution in [2.24, 2.45) is 0 Å². The van der Waals surface area contributed by atoms with Crippen molar-refractivity contribution >= 4 is 23.5 Å². The van der Waals surface area contributed by atoms with E-state index in [1.807, 2.05) is 12.1 Å². The highest BCUT2D eigenvalue weighted by molar-refractivity contribution is 6.62. The van der Waals surface area contributed by atoms with E-state index in [9.17, 15) is 0 Å². The summed E-state index contributed by atoms with van der Waals surface area (Å²) < 4.78 is 20.8.